The molecule has 1 saturated heterocycles. The molecule has 4 rings (SSSR count). The average molecular weight is 490 g/mol. The van der Waals surface area contributed by atoms with Crippen LogP contribution in [0.1, 0.15) is 41.7 Å². The first kappa shape index (κ1) is 24.8. The molecule has 0 radical (unpaired) electrons. The minimum atomic E-state index is -0.860. The Bertz CT molecular complexity index is 1180. The van der Waals surface area contributed by atoms with Gasteiger partial charge in [-0.25, -0.2) is 0 Å². The van der Waals surface area contributed by atoms with Crippen LogP contribution >= 0.6 is 0 Å². The Labute approximate surface area is 208 Å². The van der Waals surface area contributed by atoms with Crippen molar-refractivity contribution in [3.05, 3.63) is 77.9 Å². The summed E-state index contributed by atoms with van der Waals surface area (Å²) >= 11 is 0. The van der Waals surface area contributed by atoms with E-state index in [1.165, 1.54) is 0 Å². The van der Waals surface area contributed by atoms with Crippen molar-refractivity contribution < 1.29 is 28.7 Å². The summed E-state index contributed by atoms with van der Waals surface area (Å²) in [6.07, 6.45) is 4.67. The van der Waals surface area contributed by atoms with Gasteiger partial charge >= 0.3 is 5.97 Å². The predicted molar refractivity (Wildman–Crippen MR) is 130 cm³/mol. The maximum absolute atomic E-state index is 12.8. The van der Waals surface area contributed by atoms with Crippen molar-refractivity contribution in [2.24, 2.45) is 11.8 Å². The number of fused-ring (bicyclic) bond motifs is 1. The quantitative estimate of drug-likeness (QED) is 0.334. The Morgan fingerprint density at radius 1 is 0.944 bits per heavy atom. The van der Waals surface area contributed by atoms with Crippen LogP contribution in [0.25, 0.3) is 0 Å². The van der Waals surface area contributed by atoms with E-state index < -0.39 is 36.9 Å². The third kappa shape index (κ3) is 5.51. The summed E-state index contributed by atoms with van der Waals surface area (Å²) in [5.41, 5.74) is 1.45. The molecule has 0 spiro atoms. The van der Waals surface area contributed by atoms with E-state index >= 15 is 0 Å². The fourth-order valence-corrected chi connectivity index (χ4v) is 4.42. The van der Waals surface area contributed by atoms with Crippen LogP contribution in [0.3, 0.4) is 0 Å². The number of carbonyl (C=O) groups is 5. The van der Waals surface area contributed by atoms with Gasteiger partial charge in [0.15, 0.2) is 6.61 Å². The predicted octanol–water partition coefficient (Wildman–Crippen LogP) is 2.61. The van der Waals surface area contributed by atoms with Gasteiger partial charge in [-0.15, -0.1) is 0 Å². The van der Waals surface area contributed by atoms with Gasteiger partial charge in [-0.2, -0.15) is 0 Å². The molecule has 3 atom stereocenters. The number of hydrogen-bond donors (Lipinski definition) is 2. The lowest BCUT2D eigenvalue weighted by Gasteiger charge is -2.17. The topological polar surface area (TPSA) is 122 Å². The van der Waals surface area contributed by atoms with Gasteiger partial charge in [-0.1, -0.05) is 54.6 Å². The van der Waals surface area contributed by atoms with Crippen molar-refractivity contribution >= 4 is 35.3 Å². The Morgan fingerprint density at radius 3 is 2.22 bits per heavy atom. The molecule has 2 aromatic carbocycles. The first-order chi connectivity index (χ1) is 17.3. The summed E-state index contributed by atoms with van der Waals surface area (Å²) in [5, 5.41) is 5.48. The lowest BCUT2D eigenvalue weighted by Crippen LogP contribution is -2.37. The minimum absolute atomic E-state index is 0.251. The molecule has 9 heteroatoms. The summed E-state index contributed by atoms with van der Waals surface area (Å²) < 4.78 is 5.00. The van der Waals surface area contributed by atoms with Gasteiger partial charge < -0.3 is 15.4 Å². The van der Waals surface area contributed by atoms with E-state index in [1.54, 1.807) is 24.3 Å². The Morgan fingerprint density at radius 2 is 1.56 bits per heavy atom. The van der Waals surface area contributed by atoms with Crippen LogP contribution in [-0.2, 0) is 23.9 Å². The highest BCUT2D eigenvalue weighted by molar-refractivity contribution is 6.07. The smallest absolute Gasteiger partial charge is 0.326 e. The number of nitrogens with one attached hydrogen (secondary N) is 2. The molecule has 186 valence electrons. The maximum Gasteiger partial charge on any atom is 0.326 e. The second-order valence-electron chi connectivity index (χ2n) is 8.78. The second-order valence-corrected chi connectivity index (χ2v) is 8.78. The maximum atomic E-state index is 12.8. The monoisotopic (exact) mass is 489 g/mol. The van der Waals surface area contributed by atoms with Gasteiger partial charge in [0.05, 0.1) is 29.1 Å². The largest absolute Gasteiger partial charge is 0.454 e. The SMILES string of the molecule is CC(NC(=O)c1ccccc1NC(=O)COC(=O)CN1C(=O)C2CC=CCC2C1=O)c1ccccc1. The molecule has 9 nitrogen and oxygen atoms in total. The van der Waals surface area contributed by atoms with E-state index in [4.69, 9.17) is 4.74 Å². The normalized spacial score (nSPS) is 19.4. The number of para-hydroxylation sites is 1. The fourth-order valence-electron chi connectivity index (χ4n) is 4.42. The van der Waals surface area contributed by atoms with Crippen LogP contribution in [0.15, 0.2) is 66.7 Å². The van der Waals surface area contributed by atoms with E-state index in [9.17, 15) is 24.0 Å². The van der Waals surface area contributed by atoms with E-state index in [0.717, 1.165) is 10.5 Å². The molecule has 1 fully saturated rings. The minimum Gasteiger partial charge on any atom is -0.454 e. The van der Waals surface area contributed by atoms with Gasteiger partial charge in [0.2, 0.25) is 11.8 Å². The van der Waals surface area contributed by atoms with E-state index in [2.05, 4.69) is 10.6 Å². The number of imide groups is 1. The van der Waals surface area contributed by atoms with Crippen LogP contribution in [0.5, 0.6) is 0 Å². The number of nitrogens with zero attached hydrogens (tertiary/aromatic N) is 1. The first-order valence-corrected chi connectivity index (χ1v) is 11.8. The summed E-state index contributed by atoms with van der Waals surface area (Å²) in [5.74, 6) is -3.54. The van der Waals surface area contributed by atoms with Crippen molar-refractivity contribution in [1.29, 1.82) is 0 Å². The number of likely N-dealkylation sites (tertiary alicyclic amines) is 1. The highest BCUT2D eigenvalue weighted by Gasteiger charge is 2.47. The molecule has 2 N–H and O–H groups in total. The second kappa shape index (κ2) is 11.0. The Balaban J connectivity index is 1.30. The number of rotatable bonds is 8. The zero-order chi connectivity index (χ0) is 25.7. The summed E-state index contributed by atoms with van der Waals surface area (Å²) in [6, 6.07) is 15.7. The molecule has 0 aromatic heterocycles. The zero-order valence-electron chi connectivity index (χ0n) is 19.8. The number of anilines is 1. The number of carbonyl (C=O) groups excluding carboxylic acids is 5. The Hall–Kier alpha value is -4.27. The van der Waals surface area contributed by atoms with E-state index in [0.29, 0.717) is 12.8 Å². The van der Waals surface area contributed by atoms with Gasteiger partial charge in [-0.3, -0.25) is 28.9 Å². The number of hydrogen-bond acceptors (Lipinski definition) is 6. The summed E-state index contributed by atoms with van der Waals surface area (Å²) in [6.45, 7) is 0.698. The van der Waals surface area contributed by atoms with Gasteiger partial charge in [0, 0.05) is 0 Å². The highest BCUT2D eigenvalue weighted by Crippen LogP contribution is 2.34. The number of esters is 1. The third-order valence-corrected chi connectivity index (χ3v) is 6.34. The lowest BCUT2D eigenvalue weighted by molar-refractivity contribution is -0.154. The Kier molecular flexibility index (Phi) is 7.58. The fraction of sp³-hybridized carbons (Fsp3) is 0.296. The van der Waals surface area contributed by atoms with Crippen LogP contribution in [0, 0.1) is 11.8 Å². The van der Waals surface area contributed by atoms with Crippen LogP contribution < -0.4 is 10.6 Å². The average Bonchev–Trinajstić information content (AvgIpc) is 3.13. The first-order valence-electron chi connectivity index (χ1n) is 11.8. The lowest BCUT2D eigenvalue weighted by atomic mass is 9.85. The van der Waals surface area contributed by atoms with Gasteiger partial charge in [0.1, 0.15) is 6.54 Å². The molecule has 2 aliphatic rings. The van der Waals surface area contributed by atoms with Crippen molar-refractivity contribution in [1.82, 2.24) is 10.2 Å². The van der Waals surface area contributed by atoms with E-state index in [1.807, 2.05) is 49.4 Å². The van der Waals surface area contributed by atoms with Crippen molar-refractivity contribution in [2.45, 2.75) is 25.8 Å². The molecular formula is C27H27N3O6. The van der Waals surface area contributed by atoms with Crippen molar-refractivity contribution in [3.8, 4) is 0 Å². The molecule has 1 aliphatic carbocycles. The zero-order valence-corrected chi connectivity index (χ0v) is 19.8. The molecule has 0 saturated carbocycles. The van der Waals surface area contributed by atoms with Crippen molar-refractivity contribution in [3.63, 3.8) is 0 Å². The molecule has 1 aliphatic heterocycles. The number of allylic oxidation sites excluding steroid dienone is 2. The molecule has 3 unspecified atom stereocenters. The highest BCUT2D eigenvalue weighted by atomic mass is 16.5. The number of ether oxygens (including phenoxy) is 1. The van der Waals surface area contributed by atoms with Crippen molar-refractivity contribution in [2.75, 3.05) is 18.5 Å². The molecule has 36 heavy (non-hydrogen) atoms. The molecule has 1 heterocycles. The van der Waals surface area contributed by atoms with Gasteiger partial charge in [-0.05, 0) is 37.5 Å². The van der Waals surface area contributed by atoms with Crippen LogP contribution in [0.2, 0.25) is 0 Å². The standard InChI is InChI=1S/C27H27N3O6/c1-17(18-9-3-2-4-10-18)28-25(33)21-13-7-8-14-22(21)29-23(31)16-36-24(32)15-30-26(34)19-11-5-6-12-20(19)27(30)35/h2-10,13-14,17,19-20H,11-12,15-16H2,1H3,(H,28,33)(H,29,31). The molecule has 4 amide bonds. The molecular weight excluding hydrogens is 462 g/mol. The van der Waals surface area contributed by atoms with Crippen LogP contribution in [-0.4, -0.2) is 47.6 Å². The number of amides is 4. The number of benzene rings is 2. The van der Waals surface area contributed by atoms with E-state index in [-0.39, 0.29) is 35.0 Å². The molecule has 0 bridgehead atoms. The summed E-state index contributed by atoms with van der Waals surface area (Å²) in [4.78, 5) is 63.4. The van der Waals surface area contributed by atoms with Gasteiger partial charge in [0.25, 0.3) is 11.8 Å². The van der Waals surface area contributed by atoms with Crippen LogP contribution in [0.4, 0.5) is 5.69 Å². The summed E-state index contributed by atoms with van der Waals surface area (Å²) in [7, 11) is 0. The third-order valence-electron chi connectivity index (χ3n) is 6.34. The molecule has 2 aromatic rings.